The number of thioether (sulfide) groups is 1. The summed E-state index contributed by atoms with van der Waals surface area (Å²) >= 11 is 1.84. The predicted octanol–water partition coefficient (Wildman–Crippen LogP) is 1.95. The molecule has 3 rings (SSSR count). The fraction of sp³-hybridized carbons (Fsp3) is 0.562. The minimum absolute atomic E-state index is 0.0963. The van der Waals surface area contributed by atoms with E-state index in [1.165, 1.54) is 0 Å². The van der Waals surface area contributed by atoms with Crippen LogP contribution in [0.5, 0.6) is 0 Å². The van der Waals surface area contributed by atoms with E-state index in [1.54, 1.807) is 0 Å². The summed E-state index contributed by atoms with van der Waals surface area (Å²) in [5, 5.41) is 1.73. The fourth-order valence-electron chi connectivity index (χ4n) is 2.82. The quantitative estimate of drug-likeness (QED) is 0.794. The van der Waals surface area contributed by atoms with Crippen molar-refractivity contribution < 1.29 is 4.79 Å². The number of amides is 1. The lowest BCUT2D eigenvalue weighted by Crippen LogP contribution is -2.50. The highest BCUT2D eigenvalue weighted by Crippen LogP contribution is 2.24. The largest absolute Gasteiger partial charge is 0.348 e. The average molecular weight is 318 g/mol. The van der Waals surface area contributed by atoms with Crippen LogP contribution in [0.2, 0.25) is 0 Å². The number of aryl methyl sites for hydroxylation is 2. The number of hydrogen-bond acceptors (Lipinski definition) is 5. The van der Waals surface area contributed by atoms with Gasteiger partial charge < -0.3 is 9.80 Å². The Kier molecular flexibility index (Phi) is 4.38. The molecule has 0 radical (unpaired) electrons. The lowest BCUT2D eigenvalue weighted by molar-refractivity contribution is 0.0692. The summed E-state index contributed by atoms with van der Waals surface area (Å²) in [6.45, 7) is 10.2. The van der Waals surface area contributed by atoms with Crippen LogP contribution in [-0.4, -0.2) is 63.8 Å². The zero-order valence-corrected chi connectivity index (χ0v) is 14.2. The van der Waals surface area contributed by atoms with Crippen LogP contribution in [0.15, 0.2) is 17.1 Å². The number of carbonyl (C=O) groups is 1. The number of piperazine rings is 1. The van der Waals surface area contributed by atoms with Gasteiger partial charge in [0.25, 0.3) is 5.91 Å². The summed E-state index contributed by atoms with van der Waals surface area (Å²) in [5.74, 6) is 0.0963. The first kappa shape index (κ1) is 15.3. The number of aliphatic imine (C=N–C) groups is 1. The van der Waals surface area contributed by atoms with Crippen molar-refractivity contribution in [2.24, 2.45) is 4.99 Å². The van der Waals surface area contributed by atoms with Gasteiger partial charge in [-0.1, -0.05) is 18.7 Å². The monoisotopic (exact) mass is 318 g/mol. The van der Waals surface area contributed by atoms with Gasteiger partial charge in [0.2, 0.25) is 0 Å². The van der Waals surface area contributed by atoms with Gasteiger partial charge in [-0.25, -0.2) is 0 Å². The molecule has 0 unspecified atom stereocenters. The molecule has 6 heteroatoms. The van der Waals surface area contributed by atoms with E-state index in [1.807, 2.05) is 42.6 Å². The first-order valence-corrected chi connectivity index (χ1v) is 8.62. The highest BCUT2D eigenvalue weighted by Gasteiger charge is 2.27. The first-order valence-electron chi connectivity index (χ1n) is 7.74. The molecule has 0 spiro atoms. The third-order valence-corrected chi connectivity index (χ3v) is 5.23. The lowest BCUT2D eigenvalue weighted by atomic mass is 10.1. The third-order valence-electron chi connectivity index (χ3n) is 4.08. The maximum Gasteiger partial charge on any atom is 0.255 e. The normalized spacial score (nSPS) is 22.0. The highest BCUT2D eigenvalue weighted by molar-refractivity contribution is 8.14. The molecule has 1 aromatic rings. The van der Waals surface area contributed by atoms with E-state index in [0.717, 1.165) is 54.8 Å². The molecule has 2 aliphatic heterocycles. The molecule has 1 fully saturated rings. The number of pyridine rings is 1. The molecular weight excluding hydrogens is 296 g/mol. The molecule has 1 amide bonds. The maximum atomic E-state index is 12.6. The molecule has 0 N–H and O–H groups in total. The van der Waals surface area contributed by atoms with Gasteiger partial charge in [0.15, 0.2) is 5.17 Å². The topological polar surface area (TPSA) is 48.8 Å². The average Bonchev–Trinajstić information content (AvgIpc) is 2.93. The summed E-state index contributed by atoms with van der Waals surface area (Å²) in [6.07, 6.45) is 0. The van der Waals surface area contributed by atoms with E-state index >= 15 is 0 Å². The third kappa shape index (κ3) is 3.11. The van der Waals surface area contributed by atoms with Crippen LogP contribution in [0.3, 0.4) is 0 Å². The highest BCUT2D eigenvalue weighted by atomic mass is 32.2. The Morgan fingerprint density at radius 2 is 1.95 bits per heavy atom. The lowest BCUT2D eigenvalue weighted by Gasteiger charge is -2.35. The zero-order valence-electron chi connectivity index (χ0n) is 13.4. The number of rotatable bonds is 1. The van der Waals surface area contributed by atoms with Gasteiger partial charge in [-0.15, -0.1) is 0 Å². The number of carbonyl (C=O) groups excluding carboxylic acids is 1. The van der Waals surface area contributed by atoms with Crippen molar-refractivity contribution in [3.63, 3.8) is 0 Å². The Morgan fingerprint density at radius 1 is 1.23 bits per heavy atom. The van der Waals surface area contributed by atoms with Gasteiger partial charge in [0.1, 0.15) is 0 Å². The number of nitrogens with zero attached hydrogens (tertiary/aromatic N) is 4. The smallest absolute Gasteiger partial charge is 0.255 e. The van der Waals surface area contributed by atoms with Crippen LogP contribution < -0.4 is 0 Å². The molecule has 0 aromatic carbocycles. The molecule has 118 valence electrons. The first-order chi connectivity index (χ1) is 10.5. The molecule has 0 saturated carbocycles. The summed E-state index contributed by atoms with van der Waals surface area (Å²) < 4.78 is 0. The van der Waals surface area contributed by atoms with Crippen molar-refractivity contribution in [2.75, 3.05) is 32.7 Å². The zero-order chi connectivity index (χ0) is 15.7. The van der Waals surface area contributed by atoms with Crippen molar-refractivity contribution in [3.8, 4) is 0 Å². The van der Waals surface area contributed by atoms with Crippen LogP contribution in [0, 0.1) is 13.8 Å². The molecule has 22 heavy (non-hydrogen) atoms. The molecule has 1 saturated heterocycles. The second kappa shape index (κ2) is 6.28. The molecule has 0 aliphatic carbocycles. The number of hydrogen-bond donors (Lipinski definition) is 0. The van der Waals surface area contributed by atoms with Crippen LogP contribution in [0.4, 0.5) is 0 Å². The van der Waals surface area contributed by atoms with Gasteiger partial charge in [-0.05, 0) is 26.0 Å². The van der Waals surface area contributed by atoms with Crippen LogP contribution in [0.25, 0.3) is 0 Å². The van der Waals surface area contributed by atoms with Crippen molar-refractivity contribution in [1.82, 2.24) is 14.8 Å². The molecular formula is C16H22N4OS. The van der Waals surface area contributed by atoms with Gasteiger partial charge in [0.05, 0.1) is 17.8 Å². The van der Waals surface area contributed by atoms with Gasteiger partial charge in [-0.2, -0.15) is 0 Å². The van der Waals surface area contributed by atoms with E-state index < -0.39 is 0 Å². The summed E-state index contributed by atoms with van der Waals surface area (Å²) in [6, 6.07) is 3.80. The Labute approximate surface area is 135 Å². The Balaban J connectivity index is 1.62. The minimum atomic E-state index is 0.0963. The predicted molar refractivity (Wildman–Crippen MR) is 90.5 cm³/mol. The second-order valence-corrected chi connectivity index (χ2v) is 7.32. The van der Waals surface area contributed by atoms with Gasteiger partial charge in [0, 0.05) is 37.1 Å². The molecule has 0 bridgehead atoms. The summed E-state index contributed by atoms with van der Waals surface area (Å²) in [5.41, 5.74) is 2.49. The van der Waals surface area contributed by atoms with Crippen LogP contribution in [0.1, 0.15) is 28.7 Å². The maximum absolute atomic E-state index is 12.6. The molecule has 1 atom stereocenters. The van der Waals surface area contributed by atoms with Gasteiger partial charge >= 0.3 is 0 Å². The second-order valence-electron chi connectivity index (χ2n) is 5.92. The number of aromatic nitrogens is 1. The Morgan fingerprint density at radius 3 is 2.55 bits per heavy atom. The van der Waals surface area contributed by atoms with E-state index in [2.05, 4.69) is 21.8 Å². The number of amidine groups is 1. The van der Waals surface area contributed by atoms with Crippen molar-refractivity contribution in [3.05, 3.63) is 29.1 Å². The molecule has 2 aliphatic rings. The Bertz CT molecular complexity index is 608. The van der Waals surface area contributed by atoms with E-state index in [-0.39, 0.29) is 5.91 Å². The molecule has 3 heterocycles. The van der Waals surface area contributed by atoms with E-state index in [9.17, 15) is 4.79 Å². The van der Waals surface area contributed by atoms with E-state index in [4.69, 9.17) is 0 Å². The fourth-order valence-corrected chi connectivity index (χ4v) is 3.81. The minimum Gasteiger partial charge on any atom is -0.348 e. The molecule has 5 nitrogen and oxygen atoms in total. The standard InChI is InChI=1S/C16H22N4OS/c1-11-4-5-14(13(3)18-11)15(21)19-6-8-20(9-7-19)16-17-10-12(2)22-16/h4-5,12H,6-10H2,1-3H3/t12-/m1/s1. The van der Waals surface area contributed by atoms with Crippen LogP contribution >= 0.6 is 11.8 Å². The van der Waals surface area contributed by atoms with Crippen molar-refractivity contribution in [2.45, 2.75) is 26.0 Å². The molecule has 1 aromatic heterocycles. The Hall–Kier alpha value is -1.56. The van der Waals surface area contributed by atoms with E-state index in [0.29, 0.717) is 5.25 Å². The summed E-state index contributed by atoms with van der Waals surface area (Å²) in [7, 11) is 0. The van der Waals surface area contributed by atoms with Gasteiger partial charge in [-0.3, -0.25) is 14.8 Å². The summed E-state index contributed by atoms with van der Waals surface area (Å²) in [4.78, 5) is 25.9. The SMILES string of the molecule is Cc1ccc(C(=O)N2CCN(C3=NC[C@@H](C)S3)CC2)c(C)n1. The van der Waals surface area contributed by atoms with Crippen LogP contribution in [-0.2, 0) is 0 Å². The van der Waals surface area contributed by atoms with Crippen molar-refractivity contribution >= 4 is 22.8 Å². The van der Waals surface area contributed by atoms with Crippen molar-refractivity contribution in [1.29, 1.82) is 0 Å².